The molecule has 1 aromatic carbocycles. The van der Waals surface area contributed by atoms with E-state index in [0.717, 1.165) is 10.5 Å². The molecule has 23 heavy (non-hydrogen) atoms. The van der Waals surface area contributed by atoms with Crippen LogP contribution in [0.5, 0.6) is 0 Å². The first-order chi connectivity index (χ1) is 11.0. The van der Waals surface area contributed by atoms with E-state index < -0.39 is 23.3 Å². The van der Waals surface area contributed by atoms with Crippen LogP contribution in [0.3, 0.4) is 0 Å². The van der Waals surface area contributed by atoms with Gasteiger partial charge >= 0.3 is 5.97 Å². The van der Waals surface area contributed by atoms with Gasteiger partial charge in [0.1, 0.15) is 17.1 Å². The van der Waals surface area contributed by atoms with E-state index in [-0.39, 0.29) is 23.1 Å². The van der Waals surface area contributed by atoms with Crippen molar-refractivity contribution in [1.29, 1.82) is 0 Å². The molecule has 6 nitrogen and oxygen atoms in total. The molecule has 2 amide bonds. The summed E-state index contributed by atoms with van der Waals surface area (Å²) in [6.45, 7) is 0. The first-order valence-corrected chi connectivity index (χ1v) is 8.31. The van der Waals surface area contributed by atoms with Gasteiger partial charge in [-0.25, -0.2) is 4.79 Å². The summed E-state index contributed by atoms with van der Waals surface area (Å²) >= 11 is 7.23. The summed E-state index contributed by atoms with van der Waals surface area (Å²) in [5, 5.41) is 11.6. The standard InChI is InChI=1S/C15H13ClN2O4S/c16-9-7-23-14-11(13(20)18(14)12(9)15(21)22)17-10(19)6-8-4-2-1-3-5-8/h1-5,11,14H,6-7H2,(H,17,19)(H,21,22)/t11?,14-/m1/s1. The van der Waals surface area contributed by atoms with Crippen LogP contribution < -0.4 is 5.32 Å². The molecule has 120 valence electrons. The van der Waals surface area contributed by atoms with Gasteiger partial charge in [-0.1, -0.05) is 41.9 Å². The number of carboxylic acids is 1. The van der Waals surface area contributed by atoms with Crippen molar-refractivity contribution in [3.63, 3.8) is 0 Å². The molecule has 1 aromatic rings. The number of hydrogen-bond donors (Lipinski definition) is 2. The van der Waals surface area contributed by atoms with Gasteiger partial charge in [0, 0.05) is 5.75 Å². The van der Waals surface area contributed by atoms with Crippen molar-refractivity contribution < 1.29 is 19.5 Å². The van der Waals surface area contributed by atoms with Gasteiger partial charge in [0.25, 0.3) is 5.91 Å². The molecule has 0 aromatic heterocycles. The number of hydrogen-bond acceptors (Lipinski definition) is 4. The van der Waals surface area contributed by atoms with Crippen LogP contribution in [0.1, 0.15) is 5.56 Å². The smallest absolute Gasteiger partial charge is 0.353 e. The Morgan fingerprint density at radius 2 is 2.04 bits per heavy atom. The van der Waals surface area contributed by atoms with Gasteiger partial charge in [-0.3, -0.25) is 14.5 Å². The average molecular weight is 353 g/mol. The Hall–Kier alpha value is -1.99. The van der Waals surface area contributed by atoms with E-state index in [4.69, 9.17) is 11.6 Å². The Bertz CT molecular complexity index is 707. The highest BCUT2D eigenvalue weighted by atomic mass is 35.5. The van der Waals surface area contributed by atoms with Crippen molar-refractivity contribution in [2.24, 2.45) is 0 Å². The predicted molar refractivity (Wildman–Crippen MR) is 85.7 cm³/mol. The van der Waals surface area contributed by atoms with E-state index >= 15 is 0 Å². The fourth-order valence-corrected chi connectivity index (χ4v) is 4.14. The minimum absolute atomic E-state index is 0.140. The van der Waals surface area contributed by atoms with E-state index in [0.29, 0.717) is 5.75 Å². The predicted octanol–water partition coefficient (Wildman–Crippen LogP) is 1.16. The molecule has 2 atom stereocenters. The van der Waals surface area contributed by atoms with Crippen molar-refractivity contribution >= 4 is 41.1 Å². The van der Waals surface area contributed by atoms with Crippen LogP contribution in [0.15, 0.2) is 41.1 Å². The number of amides is 2. The van der Waals surface area contributed by atoms with Gasteiger partial charge in [-0.15, -0.1) is 11.8 Å². The number of carbonyl (C=O) groups excluding carboxylic acids is 2. The summed E-state index contributed by atoms with van der Waals surface area (Å²) in [5.74, 6) is -1.64. The van der Waals surface area contributed by atoms with Crippen molar-refractivity contribution in [2.45, 2.75) is 17.8 Å². The highest BCUT2D eigenvalue weighted by Gasteiger charge is 2.54. The molecular weight excluding hydrogens is 340 g/mol. The molecule has 0 aliphatic carbocycles. The molecule has 3 rings (SSSR count). The lowest BCUT2D eigenvalue weighted by Crippen LogP contribution is -2.70. The lowest BCUT2D eigenvalue weighted by atomic mass is 10.0. The third-order valence-electron chi connectivity index (χ3n) is 3.65. The molecule has 1 unspecified atom stereocenters. The van der Waals surface area contributed by atoms with Crippen LogP contribution in [0.2, 0.25) is 0 Å². The molecular formula is C15H13ClN2O4S. The summed E-state index contributed by atoms with van der Waals surface area (Å²) in [7, 11) is 0. The second kappa shape index (κ2) is 6.25. The molecule has 2 aliphatic heterocycles. The Balaban J connectivity index is 1.67. The van der Waals surface area contributed by atoms with E-state index in [9.17, 15) is 19.5 Å². The third-order valence-corrected chi connectivity index (χ3v) is 5.40. The monoisotopic (exact) mass is 352 g/mol. The summed E-state index contributed by atoms with van der Waals surface area (Å²) in [6.07, 6.45) is 0.171. The summed E-state index contributed by atoms with van der Waals surface area (Å²) in [4.78, 5) is 36.6. The molecule has 0 spiro atoms. The van der Waals surface area contributed by atoms with Crippen LogP contribution in [-0.2, 0) is 20.8 Å². The number of rotatable bonds is 4. The number of aliphatic carboxylic acids is 1. The van der Waals surface area contributed by atoms with Crippen molar-refractivity contribution in [1.82, 2.24) is 10.2 Å². The molecule has 0 radical (unpaired) electrons. The van der Waals surface area contributed by atoms with E-state index in [1.54, 1.807) is 0 Å². The number of β-lactam (4-membered cyclic amide) rings is 1. The molecule has 8 heteroatoms. The maximum Gasteiger partial charge on any atom is 0.353 e. The number of halogens is 1. The first-order valence-electron chi connectivity index (χ1n) is 6.89. The Morgan fingerprint density at radius 1 is 1.35 bits per heavy atom. The first kappa shape index (κ1) is 15.9. The quantitative estimate of drug-likeness (QED) is 0.794. The van der Waals surface area contributed by atoms with E-state index in [1.165, 1.54) is 11.8 Å². The van der Waals surface area contributed by atoms with Crippen molar-refractivity contribution in [3.8, 4) is 0 Å². The number of nitrogens with one attached hydrogen (secondary N) is 1. The van der Waals surface area contributed by atoms with Gasteiger partial charge in [-0.2, -0.15) is 0 Å². The second-order valence-electron chi connectivity index (χ2n) is 5.18. The molecule has 0 saturated carbocycles. The lowest BCUT2D eigenvalue weighted by Gasteiger charge is -2.48. The van der Waals surface area contributed by atoms with Crippen LogP contribution in [0.4, 0.5) is 0 Å². The topological polar surface area (TPSA) is 86.7 Å². The molecule has 1 fully saturated rings. The van der Waals surface area contributed by atoms with Gasteiger partial charge in [0.05, 0.1) is 11.5 Å². The maximum atomic E-state index is 12.2. The summed E-state index contributed by atoms with van der Waals surface area (Å²) in [6, 6.07) is 8.47. The number of carbonyl (C=O) groups is 3. The number of fused-ring (bicyclic) bond motifs is 1. The van der Waals surface area contributed by atoms with E-state index in [1.807, 2.05) is 30.3 Å². The molecule has 2 aliphatic rings. The maximum absolute atomic E-state index is 12.2. The highest BCUT2D eigenvalue weighted by Crippen LogP contribution is 2.41. The van der Waals surface area contributed by atoms with Gasteiger partial charge in [0.2, 0.25) is 5.91 Å². The zero-order valence-electron chi connectivity index (χ0n) is 11.9. The number of thioether (sulfide) groups is 1. The van der Waals surface area contributed by atoms with Crippen molar-refractivity contribution in [3.05, 3.63) is 46.6 Å². The molecule has 2 heterocycles. The van der Waals surface area contributed by atoms with Gasteiger partial charge < -0.3 is 10.4 Å². The van der Waals surface area contributed by atoms with Gasteiger partial charge in [0.15, 0.2) is 0 Å². The Kier molecular flexibility index (Phi) is 4.32. The largest absolute Gasteiger partial charge is 0.477 e. The Labute approximate surface area is 141 Å². The molecule has 0 bridgehead atoms. The SMILES string of the molecule is O=C(Cc1ccccc1)NC1C(=O)N2C(C(=O)O)=C(Cl)CS[C@H]12. The van der Waals surface area contributed by atoms with Crippen molar-refractivity contribution in [2.75, 3.05) is 5.75 Å². The third kappa shape index (κ3) is 2.94. The van der Waals surface area contributed by atoms with Crippen LogP contribution in [0.25, 0.3) is 0 Å². The minimum Gasteiger partial charge on any atom is -0.477 e. The lowest BCUT2D eigenvalue weighted by molar-refractivity contribution is -0.150. The normalized spacial score (nSPS) is 23.2. The fourth-order valence-electron chi connectivity index (χ4n) is 2.59. The second-order valence-corrected chi connectivity index (χ2v) is 6.74. The summed E-state index contributed by atoms with van der Waals surface area (Å²) in [5.41, 5.74) is 0.660. The summed E-state index contributed by atoms with van der Waals surface area (Å²) < 4.78 is 0. The number of carboxylic acid groups (broad SMARTS) is 1. The van der Waals surface area contributed by atoms with E-state index in [2.05, 4.69) is 5.32 Å². The number of benzene rings is 1. The van der Waals surface area contributed by atoms with Crippen LogP contribution >= 0.6 is 23.4 Å². The highest BCUT2D eigenvalue weighted by molar-refractivity contribution is 8.00. The van der Waals surface area contributed by atoms with Crippen LogP contribution in [-0.4, -0.2) is 45.0 Å². The van der Waals surface area contributed by atoms with Crippen LogP contribution in [0, 0.1) is 0 Å². The zero-order valence-corrected chi connectivity index (χ0v) is 13.4. The fraction of sp³-hybridized carbons (Fsp3) is 0.267. The number of nitrogens with zero attached hydrogens (tertiary/aromatic N) is 1. The zero-order chi connectivity index (χ0) is 16.6. The minimum atomic E-state index is -1.23. The molecule has 1 saturated heterocycles. The average Bonchev–Trinajstić information content (AvgIpc) is 2.53. The van der Waals surface area contributed by atoms with Gasteiger partial charge in [-0.05, 0) is 5.56 Å². The molecule has 2 N–H and O–H groups in total. The Morgan fingerprint density at radius 3 is 2.70 bits per heavy atom.